The van der Waals surface area contributed by atoms with Crippen LogP contribution in [-0.2, 0) is 4.79 Å². The van der Waals surface area contributed by atoms with Gasteiger partial charge >= 0.3 is 0 Å². The van der Waals surface area contributed by atoms with Gasteiger partial charge in [0.15, 0.2) is 6.61 Å². The quantitative estimate of drug-likeness (QED) is 0.559. The molecule has 122 valence electrons. The first-order chi connectivity index (χ1) is 11.6. The molecule has 3 aromatic rings. The number of para-hydroxylation sites is 1. The molecule has 0 radical (unpaired) electrons. The summed E-state index contributed by atoms with van der Waals surface area (Å²) in [6, 6.07) is 13.8. The van der Waals surface area contributed by atoms with Gasteiger partial charge in [-0.1, -0.05) is 35.9 Å². The van der Waals surface area contributed by atoms with Gasteiger partial charge in [0.2, 0.25) is 0 Å². The van der Waals surface area contributed by atoms with Crippen molar-refractivity contribution in [1.82, 2.24) is 10.4 Å². The first-order valence-corrected chi connectivity index (χ1v) is 7.71. The van der Waals surface area contributed by atoms with E-state index in [1.165, 1.54) is 0 Å². The first-order valence-electron chi connectivity index (χ1n) is 7.71. The zero-order chi connectivity index (χ0) is 16.9. The van der Waals surface area contributed by atoms with Crippen molar-refractivity contribution in [2.75, 3.05) is 6.61 Å². The molecule has 0 aliphatic carbocycles. The Morgan fingerprint density at radius 1 is 1.25 bits per heavy atom. The van der Waals surface area contributed by atoms with Crippen molar-refractivity contribution in [2.24, 2.45) is 5.10 Å². The number of carbonyl (C=O) groups excluding carboxylic acids is 1. The topological polar surface area (TPSA) is 66.5 Å². The Morgan fingerprint density at radius 3 is 2.92 bits per heavy atom. The molecular formula is C19H19N3O2. The number of aromatic amines is 1. The summed E-state index contributed by atoms with van der Waals surface area (Å²) in [5, 5.41) is 5.05. The maximum absolute atomic E-state index is 11.8. The summed E-state index contributed by atoms with van der Waals surface area (Å²) >= 11 is 0. The third-order valence-electron chi connectivity index (χ3n) is 3.70. The normalized spacial score (nSPS) is 11.1. The van der Waals surface area contributed by atoms with E-state index in [9.17, 15) is 4.79 Å². The van der Waals surface area contributed by atoms with E-state index in [1.807, 2.05) is 62.5 Å². The second-order valence-corrected chi connectivity index (χ2v) is 5.64. The Hall–Kier alpha value is -3.08. The van der Waals surface area contributed by atoms with Gasteiger partial charge in [-0.2, -0.15) is 5.10 Å². The van der Waals surface area contributed by atoms with Crippen molar-refractivity contribution in [3.63, 3.8) is 0 Å². The highest BCUT2D eigenvalue weighted by Crippen LogP contribution is 2.18. The molecule has 1 heterocycles. The monoisotopic (exact) mass is 321 g/mol. The molecule has 5 heteroatoms. The Labute approximate surface area is 140 Å². The van der Waals surface area contributed by atoms with Crippen LogP contribution in [0.25, 0.3) is 10.9 Å². The second kappa shape index (κ2) is 7.00. The number of carbonyl (C=O) groups is 1. The van der Waals surface area contributed by atoms with Crippen LogP contribution in [0.5, 0.6) is 5.75 Å². The molecule has 0 fully saturated rings. The SMILES string of the molecule is Cc1ccc(OCC(=O)NN=Cc2c[nH]c3ccccc23)c(C)c1. The molecule has 1 aromatic heterocycles. The molecule has 2 aromatic carbocycles. The Balaban J connectivity index is 1.55. The zero-order valence-electron chi connectivity index (χ0n) is 13.7. The minimum Gasteiger partial charge on any atom is -0.483 e. The molecule has 0 unspecified atom stereocenters. The number of ether oxygens (including phenoxy) is 1. The van der Waals surface area contributed by atoms with Gasteiger partial charge in [-0.05, 0) is 31.5 Å². The fraction of sp³-hybridized carbons (Fsp3) is 0.158. The highest BCUT2D eigenvalue weighted by molar-refractivity contribution is 5.99. The molecule has 0 atom stereocenters. The van der Waals surface area contributed by atoms with Crippen molar-refractivity contribution in [3.8, 4) is 5.75 Å². The van der Waals surface area contributed by atoms with E-state index in [2.05, 4.69) is 15.5 Å². The van der Waals surface area contributed by atoms with E-state index < -0.39 is 0 Å². The third kappa shape index (κ3) is 3.63. The Bertz CT molecular complexity index is 897. The summed E-state index contributed by atoms with van der Waals surface area (Å²) in [6.45, 7) is 3.90. The van der Waals surface area contributed by atoms with E-state index in [-0.39, 0.29) is 12.5 Å². The number of amides is 1. The number of aromatic nitrogens is 1. The predicted molar refractivity (Wildman–Crippen MR) is 95.4 cm³/mol. The van der Waals surface area contributed by atoms with Crippen molar-refractivity contribution >= 4 is 23.0 Å². The van der Waals surface area contributed by atoms with Gasteiger partial charge in [0.1, 0.15) is 5.75 Å². The van der Waals surface area contributed by atoms with Gasteiger partial charge in [0.25, 0.3) is 5.91 Å². The van der Waals surface area contributed by atoms with Crippen LogP contribution in [0.2, 0.25) is 0 Å². The average Bonchev–Trinajstić information content (AvgIpc) is 2.97. The first kappa shape index (κ1) is 15.8. The molecule has 24 heavy (non-hydrogen) atoms. The van der Waals surface area contributed by atoms with Crippen molar-refractivity contribution in [2.45, 2.75) is 13.8 Å². The number of hydrogen-bond acceptors (Lipinski definition) is 3. The molecule has 0 aliphatic heterocycles. The van der Waals surface area contributed by atoms with Gasteiger partial charge in [-0.25, -0.2) is 5.43 Å². The lowest BCUT2D eigenvalue weighted by molar-refractivity contribution is -0.123. The number of benzene rings is 2. The number of nitrogens with zero attached hydrogens (tertiary/aromatic N) is 1. The Morgan fingerprint density at radius 2 is 2.08 bits per heavy atom. The summed E-state index contributed by atoms with van der Waals surface area (Å²) in [5.41, 5.74) is 6.59. The van der Waals surface area contributed by atoms with Crippen LogP contribution in [0.1, 0.15) is 16.7 Å². The highest BCUT2D eigenvalue weighted by atomic mass is 16.5. The van der Waals surface area contributed by atoms with Crippen molar-refractivity contribution in [3.05, 3.63) is 65.4 Å². The Kier molecular flexibility index (Phi) is 4.61. The molecule has 1 amide bonds. The van der Waals surface area contributed by atoms with Crippen LogP contribution >= 0.6 is 0 Å². The number of fused-ring (bicyclic) bond motifs is 1. The highest BCUT2D eigenvalue weighted by Gasteiger charge is 2.04. The van der Waals surface area contributed by atoms with Crippen LogP contribution in [0.3, 0.4) is 0 Å². The predicted octanol–water partition coefficient (Wildman–Crippen LogP) is 3.31. The molecular weight excluding hydrogens is 302 g/mol. The van der Waals surface area contributed by atoms with Crippen LogP contribution < -0.4 is 10.2 Å². The van der Waals surface area contributed by atoms with Crippen LogP contribution in [0.4, 0.5) is 0 Å². The lowest BCUT2D eigenvalue weighted by Crippen LogP contribution is -2.24. The molecule has 3 rings (SSSR count). The molecule has 0 aliphatic rings. The minimum atomic E-state index is -0.300. The summed E-state index contributed by atoms with van der Waals surface area (Å²) in [6.07, 6.45) is 3.47. The van der Waals surface area contributed by atoms with Crippen molar-refractivity contribution < 1.29 is 9.53 Å². The summed E-state index contributed by atoms with van der Waals surface area (Å²) in [7, 11) is 0. The smallest absolute Gasteiger partial charge is 0.277 e. The molecule has 0 saturated carbocycles. The number of hydrazone groups is 1. The van der Waals surface area contributed by atoms with Gasteiger partial charge in [-0.3, -0.25) is 4.79 Å². The molecule has 0 spiro atoms. The minimum absolute atomic E-state index is 0.0743. The van der Waals surface area contributed by atoms with Gasteiger partial charge < -0.3 is 9.72 Å². The van der Waals surface area contributed by atoms with Crippen LogP contribution in [0.15, 0.2) is 53.8 Å². The van der Waals surface area contributed by atoms with E-state index in [0.29, 0.717) is 5.75 Å². The van der Waals surface area contributed by atoms with Gasteiger partial charge in [-0.15, -0.1) is 0 Å². The standard InChI is InChI=1S/C19H19N3O2/c1-13-7-8-18(14(2)9-13)24-12-19(23)22-21-11-15-10-20-17-6-4-3-5-16(15)17/h3-11,20H,12H2,1-2H3,(H,22,23). The number of H-pyrrole nitrogens is 1. The average molecular weight is 321 g/mol. The van der Waals surface area contributed by atoms with E-state index in [4.69, 9.17) is 4.74 Å². The fourth-order valence-corrected chi connectivity index (χ4v) is 2.51. The van der Waals surface area contributed by atoms with Crippen LogP contribution in [-0.4, -0.2) is 23.7 Å². The summed E-state index contributed by atoms with van der Waals surface area (Å²) in [4.78, 5) is 15.0. The zero-order valence-corrected chi connectivity index (χ0v) is 13.7. The van der Waals surface area contributed by atoms with E-state index in [1.54, 1.807) is 6.21 Å². The number of rotatable bonds is 5. The number of aryl methyl sites for hydroxylation is 2. The summed E-state index contributed by atoms with van der Waals surface area (Å²) in [5.74, 6) is 0.405. The van der Waals surface area contributed by atoms with Crippen molar-refractivity contribution in [1.29, 1.82) is 0 Å². The lowest BCUT2D eigenvalue weighted by Gasteiger charge is -2.08. The largest absolute Gasteiger partial charge is 0.483 e. The van der Waals surface area contributed by atoms with Gasteiger partial charge in [0, 0.05) is 22.7 Å². The molecule has 0 bridgehead atoms. The van der Waals surface area contributed by atoms with Crippen LogP contribution in [0, 0.1) is 13.8 Å². The third-order valence-corrected chi connectivity index (χ3v) is 3.70. The van der Waals surface area contributed by atoms with E-state index in [0.717, 1.165) is 27.6 Å². The maximum atomic E-state index is 11.8. The fourth-order valence-electron chi connectivity index (χ4n) is 2.51. The summed E-state index contributed by atoms with van der Waals surface area (Å²) < 4.78 is 5.52. The second-order valence-electron chi connectivity index (χ2n) is 5.64. The maximum Gasteiger partial charge on any atom is 0.277 e. The molecule has 0 saturated heterocycles. The number of hydrogen-bond donors (Lipinski definition) is 2. The van der Waals surface area contributed by atoms with Gasteiger partial charge in [0.05, 0.1) is 6.21 Å². The van der Waals surface area contributed by atoms with E-state index >= 15 is 0 Å². The molecule has 2 N–H and O–H groups in total. The lowest BCUT2D eigenvalue weighted by atomic mass is 10.1. The number of nitrogens with one attached hydrogen (secondary N) is 2. The molecule has 5 nitrogen and oxygen atoms in total.